The average Bonchev–Trinajstić information content (AvgIpc) is 0.941. The number of rotatable bonds is 51. The van der Waals surface area contributed by atoms with Gasteiger partial charge < -0.3 is 96.7 Å². The molecule has 6 atom stereocenters. The highest BCUT2D eigenvalue weighted by Gasteiger charge is 2.35. The Morgan fingerprint density at radius 2 is 0.885 bits per heavy atom. The normalized spacial score (nSPS) is 13.8. The van der Waals surface area contributed by atoms with Crippen molar-refractivity contribution in [3.8, 4) is 5.75 Å². The van der Waals surface area contributed by atoms with Crippen LogP contribution >= 0.6 is 0 Å². The highest BCUT2D eigenvalue weighted by molar-refractivity contribution is 6.13. The monoisotopic (exact) mass is 1720 g/mol. The fourth-order valence-electron chi connectivity index (χ4n) is 11.6. The number of esters is 4. The molecule has 122 heavy (non-hydrogen) atoms. The second-order valence-electron chi connectivity index (χ2n) is 35.0. The molecule has 36 heteroatoms. The molecule has 1 aliphatic rings. The summed E-state index contributed by atoms with van der Waals surface area (Å²) in [6.07, 6.45) is 4.32. The Hall–Kier alpha value is -10.8. The van der Waals surface area contributed by atoms with E-state index in [1.807, 2.05) is 0 Å². The lowest BCUT2D eigenvalue weighted by molar-refractivity contribution is -0.159. The van der Waals surface area contributed by atoms with Crippen molar-refractivity contribution in [2.45, 2.75) is 298 Å². The first-order valence-corrected chi connectivity index (χ1v) is 41.7. The van der Waals surface area contributed by atoms with Crippen LogP contribution < -0.4 is 58.5 Å². The third-order valence-corrected chi connectivity index (χ3v) is 17.4. The van der Waals surface area contributed by atoms with Crippen LogP contribution in [0.5, 0.6) is 5.75 Å². The van der Waals surface area contributed by atoms with Crippen LogP contribution in [0.4, 0.5) is 15.3 Å². The van der Waals surface area contributed by atoms with Crippen molar-refractivity contribution >= 4 is 101 Å². The van der Waals surface area contributed by atoms with Gasteiger partial charge >= 0.3 is 36.0 Å². The maximum absolute atomic E-state index is 14.1. The van der Waals surface area contributed by atoms with Gasteiger partial charge in [0.15, 0.2) is 0 Å². The topological polar surface area (TPSA) is 494 Å². The van der Waals surface area contributed by atoms with Gasteiger partial charge in [-0.3, -0.25) is 62.4 Å². The number of imide groups is 1. The Bertz CT molecular complexity index is 3850. The van der Waals surface area contributed by atoms with Crippen LogP contribution in [0.2, 0.25) is 0 Å². The second kappa shape index (κ2) is 51.9. The molecule has 2 aromatic rings. The summed E-state index contributed by atoms with van der Waals surface area (Å²) in [7, 11) is 0. The first kappa shape index (κ1) is 105. The Balaban J connectivity index is 1.39. The van der Waals surface area contributed by atoms with Gasteiger partial charge in [-0.05, 0) is 236 Å². The molecule has 1 aliphatic heterocycles. The zero-order chi connectivity index (χ0) is 91.7. The van der Waals surface area contributed by atoms with Crippen LogP contribution in [-0.4, -0.2) is 228 Å². The van der Waals surface area contributed by atoms with E-state index in [9.17, 15) is 81.8 Å². The maximum atomic E-state index is 14.1. The minimum absolute atomic E-state index is 0.0156. The highest BCUT2D eigenvalue weighted by Crippen LogP contribution is 2.27. The molecule has 12 N–H and O–H groups in total. The minimum Gasteiger partial charge on any atom is -0.506 e. The third kappa shape index (κ3) is 46.3. The Labute approximate surface area is 716 Å². The van der Waals surface area contributed by atoms with E-state index in [0.29, 0.717) is 55.2 Å². The van der Waals surface area contributed by atoms with Crippen molar-refractivity contribution in [1.82, 2.24) is 58.1 Å². The number of anilines is 1. The molecule has 0 fully saturated rings. The smallest absolute Gasteiger partial charge is 0.407 e. The largest absolute Gasteiger partial charge is 0.506 e. The van der Waals surface area contributed by atoms with Crippen LogP contribution in [0.25, 0.3) is 0 Å². The SMILES string of the molecule is CC(C)[C@H](NC(=O)[C@H](CCCCNC(=O)CCOCCOCCNC(=O)c1ccc(C(=O)NCCCCC(=O)NCCCC[C@H](NC(=O)N[C@@H](CCC(=O)OC(C)(C)C)C(=O)OC(C)(C)C)C(=O)OC(C)(C)C)cc1)NC(=O)CCCN1C(=O)C=CC1=O)C(=O)N[C@@H](C)C(=O)Nc1cc(C[C@@H](CCC(=O)OC(C)(C)C)NC(=O)OC(C)(C)C)ccc1O. The van der Waals surface area contributed by atoms with Crippen molar-refractivity contribution in [2.75, 3.05) is 64.5 Å². The number of aromatic hydroxyl groups is 1. The second-order valence-corrected chi connectivity index (χ2v) is 35.0. The Morgan fingerprint density at radius 3 is 1.41 bits per heavy atom. The molecule has 13 amide bonds. The van der Waals surface area contributed by atoms with Gasteiger partial charge in [0.25, 0.3) is 23.6 Å². The molecule has 0 aliphatic carbocycles. The summed E-state index contributed by atoms with van der Waals surface area (Å²) in [5.74, 6) is -8.49. The molecule has 3 rings (SSSR count). The summed E-state index contributed by atoms with van der Waals surface area (Å²) in [5, 5.41) is 40.6. The van der Waals surface area contributed by atoms with Crippen molar-refractivity contribution in [3.05, 3.63) is 71.3 Å². The van der Waals surface area contributed by atoms with Gasteiger partial charge in [0.05, 0.1) is 32.1 Å². The van der Waals surface area contributed by atoms with Crippen molar-refractivity contribution in [1.29, 1.82) is 0 Å². The number of nitrogens with one attached hydrogen (secondary N) is 11. The number of amides is 13. The first-order valence-electron chi connectivity index (χ1n) is 41.7. The molecule has 0 saturated carbocycles. The number of alkyl carbamates (subject to hydrolysis) is 1. The predicted octanol–water partition coefficient (Wildman–Crippen LogP) is 6.89. The molecule has 682 valence electrons. The zero-order valence-corrected chi connectivity index (χ0v) is 74.4. The molecule has 36 nitrogen and oxygen atoms in total. The van der Waals surface area contributed by atoms with E-state index in [2.05, 4.69) is 58.5 Å². The van der Waals surface area contributed by atoms with Gasteiger partial charge in [-0.2, -0.15) is 0 Å². The molecule has 0 spiro atoms. The van der Waals surface area contributed by atoms with Crippen LogP contribution in [-0.2, 0) is 97.1 Å². The fraction of sp³-hybridized carbons (Fsp3) is 0.651. The molecule has 0 unspecified atom stereocenters. The Morgan fingerprint density at radius 1 is 0.418 bits per heavy atom. The van der Waals surface area contributed by atoms with Crippen LogP contribution in [0.3, 0.4) is 0 Å². The molecular formula is C86H134N12O24. The van der Waals surface area contributed by atoms with Gasteiger partial charge in [-0.1, -0.05) is 19.9 Å². The van der Waals surface area contributed by atoms with E-state index in [0.717, 1.165) is 17.1 Å². The standard InChI is InChI=1S/C86H134N12O24/c1-54(2)72(77(111)91-55(3)73(107)94-63-53-56(30-37-64(63)99)52-59(92-81(115)122-86(16,17)18)35-40-70(105)118-82(4,5)6)97-76(110)60(93-67(102)29-25-47-98-68(103)38-39-69(98)104)26-19-22-44-88-66(101)42-48-116-50-51-117-49-46-90-75(109)58-33-31-57(32-34-58)74(108)89-45-24-21-28-65(100)87-43-23-20-27-61(78(112)120-84(10,11)12)95-80(114)96-62(79(113)121-85(13,14)15)36-41-71(106)119-83(7,8)9/h30-34,37-39,53-55,59-62,72,99H,19-29,35-36,40-52H2,1-18H3,(H,87,100)(H,88,101)(H,89,108)(H,90,109)(H,91,111)(H,92,115)(H,93,102)(H,94,107)(H,97,110)(H2,95,96,114)/t55-,59+,60-,61-,62-,72-/m0/s1. The van der Waals surface area contributed by atoms with Crippen LogP contribution in [0.15, 0.2) is 54.6 Å². The summed E-state index contributed by atoms with van der Waals surface area (Å²) in [5.41, 5.74) is -2.92. The number of carbonyl (C=O) groups excluding carboxylic acids is 16. The number of phenols is 1. The van der Waals surface area contributed by atoms with E-state index in [-0.39, 0.29) is 159 Å². The number of ether oxygens (including phenoxy) is 7. The molecule has 0 bridgehead atoms. The lowest BCUT2D eigenvalue weighted by Crippen LogP contribution is -2.57. The molecular weight excluding hydrogens is 1590 g/mol. The van der Waals surface area contributed by atoms with Gasteiger partial charge in [-0.25, -0.2) is 19.2 Å². The summed E-state index contributed by atoms with van der Waals surface area (Å²) in [6.45, 7) is 31.6. The number of urea groups is 1. The number of nitrogens with zero attached hydrogens (tertiary/aromatic N) is 1. The van der Waals surface area contributed by atoms with E-state index in [1.165, 1.54) is 43.3 Å². The number of unbranched alkanes of at least 4 members (excludes halogenated alkanes) is 3. The van der Waals surface area contributed by atoms with Crippen molar-refractivity contribution < 1.29 is 115 Å². The molecule has 0 radical (unpaired) electrons. The molecule has 2 aromatic carbocycles. The first-order chi connectivity index (χ1) is 56.9. The van der Waals surface area contributed by atoms with Crippen LogP contribution in [0, 0.1) is 5.92 Å². The number of benzene rings is 2. The van der Waals surface area contributed by atoms with Gasteiger partial charge in [-0.15, -0.1) is 0 Å². The van der Waals surface area contributed by atoms with E-state index in [4.69, 9.17) is 33.2 Å². The Kier molecular flexibility index (Phi) is 44.8. The third-order valence-electron chi connectivity index (χ3n) is 17.4. The van der Waals surface area contributed by atoms with Gasteiger partial charge in [0.1, 0.15) is 64.0 Å². The summed E-state index contributed by atoms with van der Waals surface area (Å²) >= 11 is 0. The predicted molar refractivity (Wildman–Crippen MR) is 451 cm³/mol. The average molecular weight is 1720 g/mol. The number of carbonyl (C=O) groups is 16. The quantitative estimate of drug-likeness (QED) is 0.0105. The molecule has 1 heterocycles. The fourth-order valence-corrected chi connectivity index (χ4v) is 11.6. The van der Waals surface area contributed by atoms with Crippen molar-refractivity contribution in [2.24, 2.45) is 5.92 Å². The lowest BCUT2D eigenvalue weighted by Gasteiger charge is -2.27. The molecule has 0 aromatic heterocycles. The number of hydrogen-bond donors (Lipinski definition) is 12. The minimum atomic E-state index is -1.24. The number of phenolic OH excluding ortho intramolecular Hbond substituents is 1. The summed E-state index contributed by atoms with van der Waals surface area (Å²) < 4.78 is 38.5. The van der Waals surface area contributed by atoms with E-state index >= 15 is 0 Å². The van der Waals surface area contributed by atoms with E-state index < -0.39 is 148 Å². The zero-order valence-electron chi connectivity index (χ0n) is 74.4. The molecule has 0 saturated heterocycles. The van der Waals surface area contributed by atoms with Crippen molar-refractivity contribution in [3.63, 3.8) is 0 Å². The number of hydrogen-bond acceptors (Lipinski definition) is 24. The maximum Gasteiger partial charge on any atom is 0.407 e. The van der Waals surface area contributed by atoms with Crippen LogP contribution in [0.1, 0.15) is 254 Å². The van der Waals surface area contributed by atoms with Gasteiger partial charge in [0.2, 0.25) is 35.4 Å². The summed E-state index contributed by atoms with van der Waals surface area (Å²) in [4.78, 5) is 209. The van der Waals surface area contributed by atoms with E-state index in [1.54, 1.807) is 124 Å². The van der Waals surface area contributed by atoms with Gasteiger partial charge in [0, 0.05) is 94.1 Å². The summed E-state index contributed by atoms with van der Waals surface area (Å²) in [6, 6.07) is 2.96. The lowest BCUT2D eigenvalue weighted by atomic mass is 10.0. The highest BCUT2D eigenvalue weighted by atomic mass is 16.6.